The average Bonchev–Trinajstić information content (AvgIpc) is 2.59. The molecule has 1 aliphatic rings. The van der Waals surface area contributed by atoms with E-state index in [1.54, 1.807) is 0 Å². The van der Waals surface area contributed by atoms with Gasteiger partial charge in [0.25, 0.3) is 0 Å². The lowest BCUT2D eigenvalue weighted by atomic mass is 9.90. The Morgan fingerprint density at radius 1 is 0.700 bits per heavy atom. The van der Waals surface area contributed by atoms with Crippen LogP contribution in [0.1, 0.15) is 81.1 Å². The van der Waals surface area contributed by atoms with E-state index in [2.05, 4.69) is 88.0 Å². The van der Waals surface area contributed by atoms with E-state index >= 15 is 0 Å². The SMILES string of the molecule is C[C@@H]1CN(CCC#N)C(C)(C)C[C@H](C)N[C@@H](C)CN(CCC#N)C(C)(C)C[C@@H](C)N1. The van der Waals surface area contributed by atoms with E-state index in [0.717, 1.165) is 39.0 Å². The third-order valence-electron chi connectivity index (χ3n) is 6.44. The molecule has 0 aromatic heterocycles. The minimum absolute atomic E-state index is 0.00600. The molecule has 0 aromatic carbocycles. The molecule has 0 amide bonds. The van der Waals surface area contributed by atoms with Crippen LogP contribution in [0.3, 0.4) is 0 Å². The van der Waals surface area contributed by atoms with Crippen LogP contribution < -0.4 is 10.6 Å². The molecule has 0 unspecified atom stereocenters. The van der Waals surface area contributed by atoms with Gasteiger partial charge in [0.2, 0.25) is 0 Å². The van der Waals surface area contributed by atoms with Gasteiger partial charge in [-0.05, 0) is 68.2 Å². The number of nitrogens with one attached hydrogen (secondary N) is 2. The highest BCUT2D eigenvalue weighted by molar-refractivity contribution is 4.93. The van der Waals surface area contributed by atoms with Gasteiger partial charge in [0, 0.05) is 74.3 Å². The molecule has 0 aromatic rings. The summed E-state index contributed by atoms with van der Waals surface area (Å²) in [4.78, 5) is 4.97. The molecular formula is C24H46N6. The molecule has 2 N–H and O–H groups in total. The lowest BCUT2D eigenvalue weighted by Crippen LogP contribution is -2.57. The first-order chi connectivity index (χ1) is 13.9. The van der Waals surface area contributed by atoms with Gasteiger partial charge in [-0.25, -0.2) is 0 Å². The summed E-state index contributed by atoms with van der Waals surface area (Å²) >= 11 is 0. The van der Waals surface area contributed by atoms with Crippen LogP contribution in [0.2, 0.25) is 0 Å². The van der Waals surface area contributed by atoms with E-state index in [1.807, 2.05) is 0 Å². The summed E-state index contributed by atoms with van der Waals surface area (Å²) in [6.45, 7) is 21.7. The van der Waals surface area contributed by atoms with Gasteiger partial charge in [0.05, 0.1) is 12.1 Å². The maximum atomic E-state index is 9.15. The molecular weight excluding hydrogens is 372 g/mol. The van der Waals surface area contributed by atoms with Crippen molar-refractivity contribution in [1.29, 1.82) is 10.5 Å². The second-order valence-corrected chi connectivity index (χ2v) is 10.7. The van der Waals surface area contributed by atoms with Crippen molar-refractivity contribution in [3.8, 4) is 12.1 Å². The molecule has 0 aliphatic carbocycles. The van der Waals surface area contributed by atoms with E-state index in [0.29, 0.717) is 37.0 Å². The second-order valence-electron chi connectivity index (χ2n) is 10.7. The smallest absolute Gasteiger partial charge is 0.0635 e. The predicted octanol–water partition coefficient (Wildman–Crippen LogP) is 3.50. The van der Waals surface area contributed by atoms with Crippen LogP contribution in [0.5, 0.6) is 0 Å². The van der Waals surface area contributed by atoms with Gasteiger partial charge < -0.3 is 10.6 Å². The van der Waals surface area contributed by atoms with E-state index in [1.165, 1.54) is 0 Å². The third-order valence-corrected chi connectivity index (χ3v) is 6.44. The zero-order chi connectivity index (χ0) is 22.9. The zero-order valence-corrected chi connectivity index (χ0v) is 20.8. The van der Waals surface area contributed by atoms with Crippen molar-refractivity contribution in [2.45, 2.75) is 116 Å². The lowest BCUT2D eigenvalue weighted by Gasteiger charge is -2.45. The molecule has 0 spiro atoms. The number of rotatable bonds is 4. The highest BCUT2D eigenvalue weighted by atomic mass is 15.2. The Bertz CT molecular complexity index is 535. The molecule has 172 valence electrons. The van der Waals surface area contributed by atoms with Gasteiger partial charge >= 0.3 is 0 Å². The number of hydrogen-bond donors (Lipinski definition) is 2. The molecule has 0 bridgehead atoms. The van der Waals surface area contributed by atoms with Crippen LogP contribution in [0.15, 0.2) is 0 Å². The topological polar surface area (TPSA) is 78.1 Å². The minimum Gasteiger partial charge on any atom is -0.310 e. The van der Waals surface area contributed by atoms with Crippen LogP contribution in [0, 0.1) is 22.7 Å². The molecule has 0 radical (unpaired) electrons. The van der Waals surface area contributed by atoms with Gasteiger partial charge in [-0.1, -0.05) is 0 Å². The summed E-state index contributed by atoms with van der Waals surface area (Å²) in [5.74, 6) is 0. The zero-order valence-electron chi connectivity index (χ0n) is 20.8. The first-order valence-corrected chi connectivity index (χ1v) is 11.7. The largest absolute Gasteiger partial charge is 0.310 e. The van der Waals surface area contributed by atoms with Crippen molar-refractivity contribution >= 4 is 0 Å². The molecule has 6 nitrogen and oxygen atoms in total. The summed E-state index contributed by atoms with van der Waals surface area (Å²) in [6, 6.07) is 6.06. The summed E-state index contributed by atoms with van der Waals surface area (Å²) in [6.07, 6.45) is 3.16. The standard InChI is InChI=1S/C24H46N6/c1-19-15-23(5,6)29(13-9-11-25)18-22(4)28-20(2)16-24(7,8)30(14-10-12-26)17-21(3)27-19/h19-22,27-28H,9-10,13-18H2,1-8H3/t19-,20+,21-,22+. The van der Waals surface area contributed by atoms with Gasteiger partial charge in [-0.15, -0.1) is 0 Å². The van der Waals surface area contributed by atoms with E-state index in [-0.39, 0.29) is 11.1 Å². The number of hydrogen-bond acceptors (Lipinski definition) is 6. The fourth-order valence-corrected chi connectivity index (χ4v) is 5.26. The van der Waals surface area contributed by atoms with E-state index < -0.39 is 0 Å². The number of nitrogens with zero attached hydrogens (tertiary/aromatic N) is 4. The van der Waals surface area contributed by atoms with Gasteiger partial charge in [-0.3, -0.25) is 9.80 Å². The predicted molar refractivity (Wildman–Crippen MR) is 125 cm³/mol. The Morgan fingerprint density at radius 3 is 1.33 bits per heavy atom. The summed E-state index contributed by atoms with van der Waals surface area (Å²) < 4.78 is 0. The molecule has 4 atom stereocenters. The average molecular weight is 419 g/mol. The Balaban J connectivity index is 3.12. The van der Waals surface area contributed by atoms with Crippen molar-refractivity contribution in [3.63, 3.8) is 0 Å². The summed E-state index contributed by atoms with van der Waals surface area (Å²) in [5.41, 5.74) is 0.0120. The summed E-state index contributed by atoms with van der Waals surface area (Å²) in [5, 5.41) is 25.9. The van der Waals surface area contributed by atoms with Gasteiger partial charge in [0.15, 0.2) is 0 Å². The van der Waals surface area contributed by atoms with E-state index in [9.17, 15) is 0 Å². The third kappa shape index (κ3) is 8.90. The fourth-order valence-electron chi connectivity index (χ4n) is 5.26. The molecule has 0 saturated carbocycles. The van der Waals surface area contributed by atoms with Crippen LogP contribution >= 0.6 is 0 Å². The monoisotopic (exact) mass is 418 g/mol. The maximum absolute atomic E-state index is 9.15. The first kappa shape index (κ1) is 26.9. The highest BCUT2D eigenvalue weighted by Crippen LogP contribution is 2.25. The van der Waals surface area contributed by atoms with Crippen molar-refractivity contribution < 1.29 is 0 Å². The lowest BCUT2D eigenvalue weighted by molar-refractivity contribution is 0.0674. The Kier molecular flexibility index (Phi) is 10.8. The highest BCUT2D eigenvalue weighted by Gasteiger charge is 2.33. The Hall–Kier alpha value is -1.18. The Labute approximate surface area is 186 Å². The van der Waals surface area contributed by atoms with Crippen molar-refractivity contribution in [2.24, 2.45) is 0 Å². The van der Waals surface area contributed by atoms with Crippen LogP contribution in [0.4, 0.5) is 0 Å². The molecule has 6 heteroatoms. The molecule has 1 aliphatic heterocycles. The van der Waals surface area contributed by atoms with Crippen molar-refractivity contribution in [3.05, 3.63) is 0 Å². The van der Waals surface area contributed by atoms with Crippen LogP contribution in [0.25, 0.3) is 0 Å². The van der Waals surface area contributed by atoms with Gasteiger partial charge in [0.1, 0.15) is 0 Å². The molecule has 1 saturated heterocycles. The summed E-state index contributed by atoms with van der Waals surface area (Å²) in [7, 11) is 0. The quantitative estimate of drug-likeness (QED) is 0.727. The molecule has 1 fully saturated rings. The molecule has 1 rings (SSSR count). The Morgan fingerprint density at radius 2 is 1.03 bits per heavy atom. The molecule has 1 heterocycles. The fraction of sp³-hybridized carbons (Fsp3) is 0.917. The number of nitriles is 2. The molecule has 30 heavy (non-hydrogen) atoms. The van der Waals surface area contributed by atoms with E-state index in [4.69, 9.17) is 10.5 Å². The van der Waals surface area contributed by atoms with Crippen LogP contribution in [-0.2, 0) is 0 Å². The first-order valence-electron chi connectivity index (χ1n) is 11.7. The van der Waals surface area contributed by atoms with Crippen molar-refractivity contribution in [1.82, 2.24) is 20.4 Å². The van der Waals surface area contributed by atoms with Crippen molar-refractivity contribution in [2.75, 3.05) is 26.2 Å². The minimum atomic E-state index is 0.00600. The maximum Gasteiger partial charge on any atom is 0.0635 e. The van der Waals surface area contributed by atoms with Gasteiger partial charge in [-0.2, -0.15) is 10.5 Å². The van der Waals surface area contributed by atoms with Crippen LogP contribution in [-0.4, -0.2) is 71.2 Å². The normalized spacial score (nSPS) is 31.9. The second kappa shape index (κ2) is 12.0.